The smallest absolute Gasteiger partial charge is 0.231 e. The maximum absolute atomic E-state index is 9.93. The molecule has 3 rings (SSSR count). The largest absolute Gasteiger partial charge is 0.507 e. The van der Waals surface area contributed by atoms with Gasteiger partial charge in [-0.15, -0.1) is 0 Å². The standard InChI is InChI=1S/C14H19NO4/c16-11-3-1-2-10(5-11)15-7-9-4-13-14(6-12(9)17)19-8-18-13/h4,6,10-11,15-17H,1-3,5,7-8H2. The van der Waals surface area contributed by atoms with Crippen LogP contribution >= 0.6 is 0 Å². The van der Waals surface area contributed by atoms with Crippen LogP contribution < -0.4 is 14.8 Å². The summed E-state index contributed by atoms with van der Waals surface area (Å²) in [7, 11) is 0. The summed E-state index contributed by atoms with van der Waals surface area (Å²) in [5.41, 5.74) is 0.796. The number of phenolic OH excluding ortho intramolecular Hbond substituents is 1. The number of hydrogen-bond donors (Lipinski definition) is 3. The average Bonchev–Trinajstić information content (AvgIpc) is 2.83. The molecule has 104 valence electrons. The molecule has 1 aromatic rings. The molecule has 1 aromatic carbocycles. The summed E-state index contributed by atoms with van der Waals surface area (Å²) in [6.45, 7) is 0.778. The van der Waals surface area contributed by atoms with E-state index in [1.54, 1.807) is 6.07 Å². The molecule has 5 nitrogen and oxygen atoms in total. The van der Waals surface area contributed by atoms with Crippen molar-refractivity contribution in [1.82, 2.24) is 5.32 Å². The third kappa shape index (κ3) is 2.77. The van der Waals surface area contributed by atoms with Crippen molar-refractivity contribution in [2.75, 3.05) is 6.79 Å². The fraction of sp³-hybridized carbons (Fsp3) is 0.571. The van der Waals surface area contributed by atoms with E-state index in [4.69, 9.17) is 9.47 Å². The quantitative estimate of drug-likeness (QED) is 0.773. The van der Waals surface area contributed by atoms with Crippen molar-refractivity contribution in [2.45, 2.75) is 44.4 Å². The van der Waals surface area contributed by atoms with Crippen molar-refractivity contribution in [2.24, 2.45) is 0 Å². The number of aromatic hydroxyl groups is 1. The first kappa shape index (κ1) is 12.6. The number of aliphatic hydroxyl groups excluding tert-OH is 1. The predicted octanol–water partition coefficient (Wildman–Crippen LogP) is 1.51. The zero-order chi connectivity index (χ0) is 13.2. The summed E-state index contributed by atoms with van der Waals surface area (Å²) in [5.74, 6) is 1.49. The van der Waals surface area contributed by atoms with E-state index >= 15 is 0 Å². The Balaban J connectivity index is 1.63. The second kappa shape index (κ2) is 5.27. The zero-order valence-electron chi connectivity index (χ0n) is 10.8. The molecule has 0 aromatic heterocycles. The predicted molar refractivity (Wildman–Crippen MR) is 69.3 cm³/mol. The summed E-state index contributed by atoms with van der Waals surface area (Å²) in [6, 6.07) is 3.72. The maximum Gasteiger partial charge on any atom is 0.231 e. The van der Waals surface area contributed by atoms with Crippen molar-refractivity contribution >= 4 is 0 Å². The summed E-state index contributed by atoms with van der Waals surface area (Å²) in [4.78, 5) is 0. The minimum absolute atomic E-state index is 0.198. The van der Waals surface area contributed by atoms with Crippen molar-refractivity contribution < 1.29 is 19.7 Å². The fourth-order valence-electron chi connectivity index (χ4n) is 2.72. The first-order chi connectivity index (χ1) is 9.22. The number of rotatable bonds is 3. The van der Waals surface area contributed by atoms with Crippen molar-refractivity contribution in [3.05, 3.63) is 17.7 Å². The Bertz CT molecular complexity index is 463. The first-order valence-electron chi connectivity index (χ1n) is 6.75. The van der Waals surface area contributed by atoms with E-state index in [0.717, 1.165) is 31.2 Å². The molecule has 2 unspecified atom stereocenters. The lowest BCUT2D eigenvalue weighted by atomic mass is 9.93. The van der Waals surface area contributed by atoms with Gasteiger partial charge in [0.05, 0.1) is 6.10 Å². The molecule has 3 N–H and O–H groups in total. The molecule has 0 saturated heterocycles. The number of benzene rings is 1. The van der Waals surface area contributed by atoms with Gasteiger partial charge >= 0.3 is 0 Å². The molecule has 1 saturated carbocycles. The van der Waals surface area contributed by atoms with Crippen molar-refractivity contribution in [3.63, 3.8) is 0 Å². The third-order valence-electron chi connectivity index (χ3n) is 3.80. The molecular formula is C14H19NO4. The molecule has 0 spiro atoms. The zero-order valence-corrected chi connectivity index (χ0v) is 10.8. The monoisotopic (exact) mass is 265 g/mol. The second-order valence-corrected chi connectivity index (χ2v) is 5.23. The SMILES string of the molecule is Oc1cc2c(cc1CNC1CCCC(O)C1)OCO2. The van der Waals surface area contributed by atoms with Gasteiger partial charge in [-0.2, -0.15) is 0 Å². The third-order valence-corrected chi connectivity index (χ3v) is 3.80. The van der Waals surface area contributed by atoms with Gasteiger partial charge in [-0.3, -0.25) is 0 Å². The number of nitrogens with one attached hydrogen (secondary N) is 1. The van der Waals surface area contributed by atoms with Crippen LogP contribution in [0.1, 0.15) is 31.2 Å². The van der Waals surface area contributed by atoms with Crippen molar-refractivity contribution in [3.8, 4) is 17.2 Å². The molecule has 5 heteroatoms. The molecule has 1 heterocycles. The Kier molecular flexibility index (Phi) is 3.48. The van der Waals surface area contributed by atoms with E-state index in [9.17, 15) is 10.2 Å². The number of ether oxygens (including phenoxy) is 2. The summed E-state index contributed by atoms with van der Waals surface area (Å²) < 4.78 is 10.5. The van der Waals surface area contributed by atoms with E-state index in [1.807, 2.05) is 6.07 Å². The van der Waals surface area contributed by atoms with Crippen LogP contribution in [-0.2, 0) is 6.54 Å². The van der Waals surface area contributed by atoms with Crippen LogP contribution in [-0.4, -0.2) is 29.2 Å². The number of fused-ring (bicyclic) bond motifs is 1. The minimum atomic E-state index is -0.198. The normalized spacial score (nSPS) is 25.5. The highest BCUT2D eigenvalue weighted by molar-refractivity contribution is 5.51. The first-order valence-corrected chi connectivity index (χ1v) is 6.75. The topological polar surface area (TPSA) is 71.0 Å². The Morgan fingerprint density at radius 1 is 1.21 bits per heavy atom. The van der Waals surface area contributed by atoms with E-state index in [1.165, 1.54) is 0 Å². The van der Waals surface area contributed by atoms with Crippen molar-refractivity contribution in [1.29, 1.82) is 0 Å². The highest BCUT2D eigenvalue weighted by Gasteiger charge is 2.21. The van der Waals surface area contributed by atoms with Crippen LogP contribution in [0.15, 0.2) is 12.1 Å². The lowest BCUT2D eigenvalue weighted by Gasteiger charge is -2.26. The maximum atomic E-state index is 9.93. The van der Waals surface area contributed by atoms with Crippen LogP contribution in [0.4, 0.5) is 0 Å². The van der Waals surface area contributed by atoms with Gasteiger partial charge in [-0.25, -0.2) is 0 Å². The second-order valence-electron chi connectivity index (χ2n) is 5.23. The molecule has 2 aliphatic rings. The van der Waals surface area contributed by atoms with Gasteiger partial charge in [-0.1, -0.05) is 0 Å². The van der Waals surface area contributed by atoms with E-state index < -0.39 is 0 Å². The van der Waals surface area contributed by atoms with Gasteiger partial charge in [0, 0.05) is 24.2 Å². The molecule has 1 aliphatic heterocycles. The number of hydrogen-bond acceptors (Lipinski definition) is 5. The van der Waals surface area contributed by atoms with E-state index in [0.29, 0.717) is 24.1 Å². The average molecular weight is 265 g/mol. The van der Waals surface area contributed by atoms with Crippen LogP contribution in [0.25, 0.3) is 0 Å². The van der Waals surface area contributed by atoms with Gasteiger partial charge in [0.1, 0.15) is 5.75 Å². The van der Waals surface area contributed by atoms with Crippen LogP contribution in [0.3, 0.4) is 0 Å². The molecule has 0 bridgehead atoms. The fourth-order valence-corrected chi connectivity index (χ4v) is 2.72. The Morgan fingerprint density at radius 2 is 2.00 bits per heavy atom. The molecule has 19 heavy (non-hydrogen) atoms. The molecule has 1 aliphatic carbocycles. The van der Waals surface area contributed by atoms with Gasteiger partial charge in [0.15, 0.2) is 11.5 Å². The van der Waals surface area contributed by atoms with E-state index in [-0.39, 0.29) is 18.6 Å². The van der Waals surface area contributed by atoms with Crippen LogP contribution in [0.2, 0.25) is 0 Å². The molecule has 1 fully saturated rings. The van der Waals surface area contributed by atoms with Crippen LogP contribution in [0.5, 0.6) is 17.2 Å². The van der Waals surface area contributed by atoms with Crippen LogP contribution in [0, 0.1) is 0 Å². The Hall–Kier alpha value is -1.46. The minimum Gasteiger partial charge on any atom is -0.507 e. The number of phenols is 1. The Labute approximate surface area is 112 Å². The Morgan fingerprint density at radius 3 is 2.79 bits per heavy atom. The summed E-state index contributed by atoms with van der Waals surface area (Å²) in [6.07, 6.45) is 3.60. The van der Waals surface area contributed by atoms with E-state index in [2.05, 4.69) is 5.32 Å². The lowest BCUT2D eigenvalue weighted by molar-refractivity contribution is 0.111. The van der Waals surface area contributed by atoms with Gasteiger partial charge in [0.25, 0.3) is 0 Å². The van der Waals surface area contributed by atoms with Gasteiger partial charge in [-0.05, 0) is 31.7 Å². The molecule has 0 radical (unpaired) electrons. The highest BCUT2D eigenvalue weighted by atomic mass is 16.7. The number of aliphatic hydroxyl groups is 1. The summed E-state index contributed by atoms with van der Waals surface area (Å²) in [5, 5.41) is 22.9. The summed E-state index contributed by atoms with van der Waals surface area (Å²) >= 11 is 0. The lowest BCUT2D eigenvalue weighted by Crippen LogP contribution is -2.35. The van der Waals surface area contributed by atoms with Gasteiger partial charge in [0.2, 0.25) is 6.79 Å². The molecule has 0 amide bonds. The molecular weight excluding hydrogens is 246 g/mol. The van der Waals surface area contributed by atoms with Gasteiger partial charge < -0.3 is 25.0 Å². The highest BCUT2D eigenvalue weighted by Crippen LogP contribution is 2.37. The molecule has 2 atom stereocenters.